The second-order valence-corrected chi connectivity index (χ2v) is 7.41. The Hall–Kier alpha value is -3.39. The van der Waals surface area contributed by atoms with Crippen LogP contribution >= 0.6 is 0 Å². The molecule has 0 radical (unpaired) electrons. The number of imide groups is 1. The highest BCUT2D eigenvalue weighted by molar-refractivity contribution is 6.05. The molecular weight excluding hydrogens is 384 g/mol. The molecule has 156 valence electrons. The lowest BCUT2D eigenvalue weighted by atomic mass is 10.0. The summed E-state index contributed by atoms with van der Waals surface area (Å²) in [6, 6.07) is 12.8. The van der Waals surface area contributed by atoms with Gasteiger partial charge in [0.1, 0.15) is 18.4 Å². The van der Waals surface area contributed by atoms with Gasteiger partial charge in [0.2, 0.25) is 11.8 Å². The molecule has 4 N–H and O–H groups in total. The van der Waals surface area contributed by atoms with E-state index >= 15 is 0 Å². The molecule has 30 heavy (non-hydrogen) atoms. The van der Waals surface area contributed by atoms with Crippen molar-refractivity contribution in [1.82, 2.24) is 10.2 Å². The zero-order valence-corrected chi connectivity index (χ0v) is 16.5. The largest absolute Gasteiger partial charge is 0.492 e. The second-order valence-electron chi connectivity index (χ2n) is 7.41. The van der Waals surface area contributed by atoms with Crippen LogP contribution in [-0.4, -0.2) is 41.8 Å². The highest BCUT2D eigenvalue weighted by Crippen LogP contribution is 2.28. The molecule has 2 aliphatic heterocycles. The topological polar surface area (TPSA) is 114 Å². The molecule has 3 amide bonds. The van der Waals surface area contributed by atoms with Gasteiger partial charge in [-0.15, -0.1) is 0 Å². The molecule has 0 saturated carbocycles. The number of benzene rings is 2. The van der Waals surface area contributed by atoms with E-state index in [1.165, 1.54) is 0 Å². The minimum absolute atomic E-state index is 0.168. The fourth-order valence-corrected chi connectivity index (χ4v) is 3.79. The van der Waals surface area contributed by atoms with E-state index in [0.29, 0.717) is 38.2 Å². The molecule has 0 aromatic heterocycles. The number of carbonyl (C=O) groups excluding carboxylic acids is 3. The molecule has 2 aliphatic rings. The Labute approximate surface area is 174 Å². The first-order valence-electron chi connectivity index (χ1n) is 9.98. The number of anilines is 1. The number of carbonyl (C=O) groups is 3. The number of rotatable bonds is 7. The predicted octanol–water partition coefficient (Wildman–Crippen LogP) is 1.40. The van der Waals surface area contributed by atoms with Crippen molar-refractivity contribution in [2.24, 2.45) is 5.73 Å². The van der Waals surface area contributed by atoms with Gasteiger partial charge in [0, 0.05) is 43.4 Å². The molecule has 1 unspecified atom stereocenters. The first kappa shape index (κ1) is 19.9. The van der Waals surface area contributed by atoms with E-state index in [1.807, 2.05) is 42.5 Å². The van der Waals surface area contributed by atoms with Crippen molar-refractivity contribution in [1.29, 1.82) is 0 Å². The first-order valence-corrected chi connectivity index (χ1v) is 9.98. The van der Waals surface area contributed by atoms with Crippen LogP contribution in [0.15, 0.2) is 42.5 Å². The van der Waals surface area contributed by atoms with Gasteiger partial charge in [-0.25, -0.2) is 0 Å². The number of amides is 3. The van der Waals surface area contributed by atoms with Gasteiger partial charge in [0.25, 0.3) is 5.91 Å². The van der Waals surface area contributed by atoms with Gasteiger partial charge in [-0.1, -0.05) is 18.2 Å². The third kappa shape index (κ3) is 4.13. The zero-order chi connectivity index (χ0) is 21.1. The molecule has 1 saturated heterocycles. The Kier molecular flexibility index (Phi) is 5.67. The van der Waals surface area contributed by atoms with Crippen molar-refractivity contribution in [3.63, 3.8) is 0 Å². The molecule has 1 atom stereocenters. The summed E-state index contributed by atoms with van der Waals surface area (Å²) in [5, 5.41) is 5.65. The normalized spacial score (nSPS) is 18.2. The number of nitrogens with two attached hydrogens (primary N) is 1. The molecule has 2 heterocycles. The van der Waals surface area contributed by atoms with Crippen LogP contribution in [0.5, 0.6) is 5.75 Å². The smallest absolute Gasteiger partial charge is 0.255 e. The van der Waals surface area contributed by atoms with Gasteiger partial charge >= 0.3 is 0 Å². The van der Waals surface area contributed by atoms with Gasteiger partial charge in [-0.3, -0.25) is 19.7 Å². The van der Waals surface area contributed by atoms with Crippen LogP contribution in [0.3, 0.4) is 0 Å². The molecule has 1 fully saturated rings. The number of hydrogen-bond acceptors (Lipinski definition) is 6. The van der Waals surface area contributed by atoms with Crippen LogP contribution in [0.25, 0.3) is 0 Å². The Morgan fingerprint density at radius 2 is 2.03 bits per heavy atom. The number of nitrogens with one attached hydrogen (secondary N) is 2. The summed E-state index contributed by atoms with van der Waals surface area (Å²) in [4.78, 5) is 38.0. The Morgan fingerprint density at radius 3 is 2.83 bits per heavy atom. The third-order valence-corrected chi connectivity index (χ3v) is 5.31. The standard InChI is InChI=1S/C22H24N4O4/c23-8-9-30-17-3-1-2-16(11-17)24-12-14-4-5-15-13-26(22(29)18(15)10-14)19-6-7-20(27)25-21(19)28/h1-5,10-11,19,24H,6-9,12-13,23H2,(H,25,27,28). The lowest BCUT2D eigenvalue weighted by molar-refractivity contribution is -0.136. The van der Waals surface area contributed by atoms with E-state index in [4.69, 9.17) is 10.5 Å². The summed E-state index contributed by atoms with van der Waals surface area (Å²) in [5.41, 5.74) is 8.83. The van der Waals surface area contributed by atoms with Gasteiger partial charge in [0.05, 0.1) is 0 Å². The molecule has 0 aliphatic carbocycles. The van der Waals surface area contributed by atoms with E-state index in [1.54, 1.807) is 4.90 Å². The fourth-order valence-electron chi connectivity index (χ4n) is 3.79. The Bertz CT molecular complexity index is 991. The van der Waals surface area contributed by atoms with Crippen LogP contribution in [0.2, 0.25) is 0 Å². The molecule has 8 nitrogen and oxygen atoms in total. The maximum absolute atomic E-state index is 12.9. The van der Waals surface area contributed by atoms with Crippen LogP contribution in [0.1, 0.15) is 34.3 Å². The minimum Gasteiger partial charge on any atom is -0.492 e. The highest BCUT2D eigenvalue weighted by atomic mass is 16.5. The van der Waals surface area contributed by atoms with Crippen molar-refractivity contribution in [2.75, 3.05) is 18.5 Å². The summed E-state index contributed by atoms with van der Waals surface area (Å²) in [6.07, 6.45) is 0.612. The van der Waals surface area contributed by atoms with Gasteiger partial charge in [0.15, 0.2) is 0 Å². The molecule has 0 spiro atoms. The molecule has 2 aromatic carbocycles. The molecule has 8 heteroatoms. The Morgan fingerprint density at radius 1 is 1.17 bits per heavy atom. The average molecular weight is 408 g/mol. The third-order valence-electron chi connectivity index (χ3n) is 5.31. The second kappa shape index (κ2) is 8.54. The number of fused-ring (bicyclic) bond motifs is 1. The maximum atomic E-state index is 12.9. The van der Waals surface area contributed by atoms with Crippen LogP contribution in [-0.2, 0) is 22.7 Å². The highest BCUT2D eigenvalue weighted by Gasteiger charge is 2.39. The summed E-state index contributed by atoms with van der Waals surface area (Å²) >= 11 is 0. The van der Waals surface area contributed by atoms with E-state index in [-0.39, 0.29) is 18.2 Å². The van der Waals surface area contributed by atoms with Crippen molar-refractivity contribution in [3.05, 3.63) is 59.2 Å². The number of hydrogen-bond donors (Lipinski definition) is 3. The Balaban J connectivity index is 1.42. The van der Waals surface area contributed by atoms with Crippen molar-refractivity contribution in [3.8, 4) is 5.75 Å². The zero-order valence-electron chi connectivity index (χ0n) is 16.5. The summed E-state index contributed by atoms with van der Waals surface area (Å²) in [5.74, 6) is -0.106. The summed E-state index contributed by atoms with van der Waals surface area (Å²) < 4.78 is 5.54. The quantitative estimate of drug-likeness (QED) is 0.597. The molecule has 2 aromatic rings. The number of nitrogens with zero attached hydrogens (tertiary/aromatic N) is 1. The van der Waals surface area contributed by atoms with E-state index in [0.717, 1.165) is 22.6 Å². The average Bonchev–Trinajstić information content (AvgIpc) is 3.07. The SMILES string of the molecule is NCCOc1cccc(NCc2ccc3c(c2)C(=O)N(C2CCC(=O)NC2=O)C3)c1. The van der Waals surface area contributed by atoms with E-state index < -0.39 is 11.9 Å². The minimum atomic E-state index is -0.597. The number of ether oxygens (including phenoxy) is 1. The van der Waals surface area contributed by atoms with Crippen molar-refractivity contribution >= 4 is 23.4 Å². The van der Waals surface area contributed by atoms with Crippen molar-refractivity contribution < 1.29 is 19.1 Å². The first-order chi connectivity index (χ1) is 14.5. The van der Waals surface area contributed by atoms with Crippen LogP contribution in [0.4, 0.5) is 5.69 Å². The molecular formula is C22H24N4O4. The lowest BCUT2D eigenvalue weighted by Gasteiger charge is -2.29. The molecule has 4 rings (SSSR count). The fraction of sp³-hybridized carbons (Fsp3) is 0.318. The maximum Gasteiger partial charge on any atom is 0.255 e. The van der Waals surface area contributed by atoms with Crippen LogP contribution < -0.4 is 21.1 Å². The summed E-state index contributed by atoms with van der Waals surface area (Å²) in [7, 11) is 0. The van der Waals surface area contributed by atoms with Gasteiger partial charge in [-0.05, 0) is 35.7 Å². The molecule has 0 bridgehead atoms. The van der Waals surface area contributed by atoms with Crippen LogP contribution in [0, 0.1) is 0 Å². The van der Waals surface area contributed by atoms with E-state index in [2.05, 4.69) is 10.6 Å². The monoisotopic (exact) mass is 408 g/mol. The van der Waals surface area contributed by atoms with Gasteiger partial charge < -0.3 is 20.7 Å². The van der Waals surface area contributed by atoms with Gasteiger partial charge in [-0.2, -0.15) is 0 Å². The lowest BCUT2D eigenvalue weighted by Crippen LogP contribution is -2.52. The predicted molar refractivity (Wildman–Crippen MR) is 111 cm³/mol. The number of piperidine rings is 1. The van der Waals surface area contributed by atoms with E-state index in [9.17, 15) is 14.4 Å². The summed E-state index contributed by atoms with van der Waals surface area (Å²) in [6.45, 7) is 1.84. The van der Waals surface area contributed by atoms with Crippen molar-refractivity contribution in [2.45, 2.75) is 32.0 Å².